The summed E-state index contributed by atoms with van der Waals surface area (Å²) >= 11 is 0. The fourth-order valence-electron chi connectivity index (χ4n) is 2.89. The van der Waals surface area contributed by atoms with Crippen LogP contribution >= 0.6 is 0 Å². The van der Waals surface area contributed by atoms with Crippen molar-refractivity contribution in [3.63, 3.8) is 0 Å². The molecular formula is C19H30N2O3. The number of hydrogen-bond donors (Lipinski definition) is 1. The molecule has 2 rings (SSSR count). The van der Waals surface area contributed by atoms with Gasteiger partial charge in [0.15, 0.2) is 11.5 Å². The van der Waals surface area contributed by atoms with Gasteiger partial charge >= 0.3 is 0 Å². The molecule has 1 fully saturated rings. The third-order valence-corrected chi connectivity index (χ3v) is 4.15. The fourth-order valence-corrected chi connectivity index (χ4v) is 2.89. The van der Waals surface area contributed by atoms with Crippen LogP contribution in [0.4, 0.5) is 0 Å². The number of benzene rings is 1. The van der Waals surface area contributed by atoms with Crippen LogP contribution in [0.5, 0.6) is 11.5 Å². The lowest BCUT2D eigenvalue weighted by Gasteiger charge is -2.20. The van der Waals surface area contributed by atoms with Crippen LogP contribution in [0.3, 0.4) is 0 Å². The summed E-state index contributed by atoms with van der Waals surface area (Å²) in [5, 5.41) is 3.41. The number of ether oxygens (including phenoxy) is 2. The number of nitrogens with zero attached hydrogens (tertiary/aromatic N) is 1. The molecule has 0 spiro atoms. The van der Waals surface area contributed by atoms with Gasteiger partial charge in [0.1, 0.15) is 0 Å². The van der Waals surface area contributed by atoms with Crippen molar-refractivity contribution in [1.29, 1.82) is 0 Å². The summed E-state index contributed by atoms with van der Waals surface area (Å²) in [6.45, 7) is 7.23. The Morgan fingerprint density at radius 2 is 2.04 bits per heavy atom. The van der Waals surface area contributed by atoms with Gasteiger partial charge in [-0.1, -0.05) is 12.5 Å². The lowest BCUT2D eigenvalue weighted by Crippen LogP contribution is -2.36. The molecule has 0 saturated carbocycles. The third-order valence-electron chi connectivity index (χ3n) is 4.15. The van der Waals surface area contributed by atoms with E-state index in [1.807, 2.05) is 36.9 Å². The topological polar surface area (TPSA) is 50.8 Å². The molecule has 134 valence electrons. The first-order valence-electron chi connectivity index (χ1n) is 8.92. The van der Waals surface area contributed by atoms with E-state index < -0.39 is 0 Å². The lowest BCUT2D eigenvalue weighted by molar-refractivity contribution is -0.130. The molecule has 0 bridgehead atoms. The molecule has 0 atom stereocenters. The predicted molar refractivity (Wildman–Crippen MR) is 95.5 cm³/mol. The van der Waals surface area contributed by atoms with Gasteiger partial charge in [0, 0.05) is 32.6 Å². The van der Waals surface area contributed by atoms with Crippen LogP contribution in [0, 0.1) is 0 Å². The van der Waals surface area contributed by atoms with Crippen LogP contribution in [0.25, 0.3) is 0 Å². The largest absolute Gasteiger partial charge is 0.493 e. The van der Waals surface area contributed by atoms with E-state index in [0.29, 0.717) is 12.3 Å². The van der Waals surface area contributed by atoms with Crippen molar-refractivity contribution in [1.82, 2.24) is 10.2 Å². The van der Waals surface area contributed by atoms with Crippen molar-refractivity contribution < 1.29 is 14.3 Å². The second-order valence-electron chi connectivity index (χ2n) is 6.52. The molecule has 0 aromatic heterocycles. The quantitative estimate of drug-likeness (QED) is 0.743. The van der Waals surface area contributed by atoms with Crippen LogP contribution in [-0.2, 0) is 11.3 Å². The van der Waals surface area contributed by atoms with E-state index in [1.165, 1.54) is 6.42 Å². The standard InChI is InChI=1S/C19H30N2O3/c1-15(2)24-17-9-8-16(13-18(17)23-3)14-20-10-12-21-11-6-4-5-7-19(21)22/h8-9,13,15,20H,4-7,10-12,14H2,1-3H3. The van der Waals surface area contributed by atoms with Gasteiger partial charge in [-0.3, -0.25) is 4.79 Å². The van der Waals surface area contributed by atoms with E-state index in [1.54, 1.807) is 7.11 Å². The zero-order valence-corrected chi connectivity index (χ0v) is 15.1. The van der Waals surface area contributed by atoms with Gasteiger partial charge in [-0.05, 0) is 44.4 Å². The molecule has 0 unspecified atom stereocenters. The molecular weight excluding hydrogens is 304 g/mol. The highest BCUT2D eigenvalue weighted by Gasteiger charge is 2.15. The molecule has 1 saturated heterocycles. The maximum atomic E-state index is 12.0. The van der Waals surface area contributed by atoms with Gasteiger partial charge in [0.25, 0.3) is 0 Å². The maximum Gasteiger partial charge on any atom is 0.222 e. The van der Waals surface area contributed by atoms with Crippen molar-refractivity contribution >= 4 is 5.91 Å². The summed E-state index contributed by atoms with van der Waals surface area (Å²) in [5.74, 6) is 1.82. The van der Waals surface area contributed by atoms with Gasteiger partial charge < -0.3 is 19.7 Å². The average molecular weight is 334 g/mol. The number of hydrogen-bond acceptors (Lipinski definition) is 4. The van der Waals surface area contributed by atoms with E-state index in [0.717, 1.165) is 56.1 Å². The Morgan fingerprint density at radius 1 is 1.21 bits per heavy atom. The van der Waals surface area contributed by atoms with Gasteiger partial charge in [-0.25, -0.2) is 0 Å². The summed E-state index contributed by atoms with van der Waals surface area (Å²) in [7, 11) is 1.66. The zero-order chi connectivity index (χ0) is 17.4. The zero-order valence-electron chi connectivity index (χ0n) is 15.1. The van der Waals surface area contributed by atoms with E-state index >= 15 is 0 Å². The Kier molecular flexibility index (Phi) is 7.37. The highest BCUT2D eigenvalue weighted by atomic mass is 16.5. The first-order chi connectivity index (χ1) is 11.6. The molecule has 1 heterocycles. The van der Waals surface area contributed by atoms with Gasteiger partial charge in [0.2, 0.25) is 5.91 Å². The molecule has 1 N–H and O–H groups in total. The highest BCUT2D eigenvalue weighted by molar-refractivity contribution is 5.76. The van der Waals surface area contributed by atoms with Gasteiger partial charge in [-0.2, -0.15) is 0 Å². The molecule has 1 aliphatic rings. The van der Waals surface area contributed by atoms with E-state index in [2.05, 4.69) is 5.32 Å². The van der Waals surface area contributed by atoms with E-state index in [4.69, 9.17) is 9.47 Å². The maximum absolute atomic E-state index is 12.0. The second kappa shape index (κ2) is 9.52. The first kappa shape index (κ1) is 18.6. The molecule has 1 aliphatic heterocycles. The van der Waals surface area contributed by atoms with Crippen molar-refractivity contribution in [3.8, 4) is 11.5 Å². The summed E-state index contributed by atoms with van der Waals surface area (Å²) in [6.07, 6.45) is 4.15. The van der Waals surface area contributed by atoms with Crippen molar-refractivity contribution in [2.45, 2.75) is 52.2 Å². The van der Waals surface area contributed by atoms with Gasteiger partial charge in [-0.15, -0.1) is 0 Å². The number of carbonyl (C=O) groups excluding carboxylic acids is 1. The van der Waals surface area contributed by atoms with Gasteiger partial charge in [0.05, 0.1) is 13.2 Å². The average Bonchev–Trinajstić information content (AvgIpc) is 2.76. The molecule has 1 aromatic rings. The lowest BCUT2D eigenvalue weighted by atomic mass is 10.2. The fraction of sp³-hybridized carbons (Fsp3) is 0.632. The smallest absolute Gasteiger partial charge is 0.222 e. The normalized spacial score (nSPS) is 15.5. The molecule has 24 heavy (non-hydrogen) atoms. The molecule has 1 amide bonds. The number of methoxy groups -OCH3 is 1. The third kappa shape index (κ3) is 5.71. The Morgan fingerprint density at radius 3 is 2.79 bits per heavy atom. The Balaban J connectivity index is 1.80. The van der Waals surface area contributed by atoms with Crippen molar-refractivity contribution in [2.24, 2.45) is 0 Å². The summed E-state index contributed by atoms with van der Waals surface area (Å²) in [4.78, 5) is 13.9. The Labute approximate surface area is 145 Å². The SMILES string of the molecule is COc1cc(CNCCN2CCCCCC2=O)ccc1OC(C)C. The monoisotopic (exact) mass is 334 g/mol. The number of nitrogens with one attached hydrogen (secondary N) is 1. The Bertz CT molecular complexity index is 531. The van der Waals surface area contributed by atoms with Crippen molar-refractivity contribution in [3.05, 3.63) is 23.8 Å². The van der Waals surface area contributed by atoms with Crippen LogP contribution in [0.2, 0.25) is 0 Å². The molecule has 0 aliphatic carbocycles. The molecule has 5 heteroatoms. The molecule has 0 radical (unpaired) electrons. The van der Waals surface area contributed by atoms with Crippen molar-refractivity contribution in [2.75, 3.05) is 26.7 Å². The second-order valence-corrected chi connectivity index (χ2v) is 6.52. The first-order valence-corrected chi connectivity index (χ1v) is 8.92. The minimum Gasteiger partial charge on any atom is -0.493 e. The van der Waals surface area contributed by atoms with E-state index in [-0.39, 0.29) is 6.10 Å². The van der Waals surface area contributed by atoms with Crippen LogP contribution < -0.4 is 14.8 Å². The summed E-state index contributed by atoms with van der Waals surface area (Å²) < 4.78 is 11.1. The minimum absolute atomic E-state index is 0.119. The summed E-state index contributed by atoms with van der Waals surface area (Å²) in [6, 6.07) is 6.00. The van der Waals surface area contributed by atoms with Crippen LogP contribution in [-0.4, -0.2) is 43.7 Å². The number of carbonyl (C=O) groups is 1. The number of rotatable bonds is 8. The van der Waals surface area contributed by atoms with E-state index in [9.17, 15) is 4.79 Å². The number of likely N-dealkylation sites (tertiary alicyclic amines) is 1. The predicted octanol–water partition coefficient (Wildman–Crippen LogP) is 2.97. The number of amides is 1. The van der Waals surface area contributed by atoms with Crippen LogP contribution in [0.15, 0.2) is 18.2 Å². The minimum atomic E-state index is 0.119. The van der Waals surface area contributed by atoms with Crippen LogP contribution in [0.1, 0.15) is 45.1 Å². The molecule has 1 aromatic carbocycles. The Hall–Kier alpha value is -1.75. The molecule has 5 nitrogen and oxygen atoms in total. The highest BCUT2D eigenvalue weighted by Crippen LogP contribution is 2.28. The summed E-state index contributed by atoms with van der Waals surface area (Å²) in [5.41, 5.74) is 1.14.